The van der Waals surface area contributed by atoms with Gasteiger partial charge in [0.05, 0.1) is 16.7 Å². The number of nitrogens with zero attached hydrogens (tertiary/aromatic N) is 3. The van der Waals surface area contributed by atoms with Crippen LogP contribution in [0.15, 0.2) is 40.8 Å². The lowest BCUT2D eigenvalue weighted by molar-refractivity contribution is -0.385. The van der Waals surface area contributed by atoms with Gasteiger partial charge in [0, 0.05) is 29.3 Å². The molecule has 24 heavy (non-hydrogen) atoms. The van der Waals surface area contributed by atoms with Gasteiger partial charge in [-0.1, -0.05) is 13.0 Å². The second-order valence-corrected chi connectivity index (χ2v) is 6.31. The first kappa shape index (κ1) is 16.1. The van der Waals surface area contributed by atoms with Crippen LogP contribution in [0.4, 0.5) is 5.69 Å². The molecule has 1 aliphatic rings. The SMILES string of the molecule is CCC(=O)N1N=C(c2ccc(O)c([N+](=O)[O-])c2)CC1c1cccs1. The fourth-order valence-electron chi connectivity index (χ4n) is 2.63. The van der Waals surface area contributed by atoms with Gasteiger partial charge in [0.15, 0.2) is 5.75 Å². The van der Waals surface area contributed by atoms with Gasteiger partial charge >= 0.3 is 5.69 Å². The summed E-state index contributed by atoms with van der Waals surface area (Å²) in [4.78, 5) is 23.6. The lowest BCUT2D eigenvalue weighted by atomic mass is 10.0. The zero-order valence-corrected chi connectivity index (χ0v) is 13.7. The predicted octanol–water partition coefficient (Wildman–Crippen LogP) is 3.45. The summed E-state index contributed by atoms with van der Waals surface area (Å²) in [6.07, 6.45) is 0.808. The minimum absolute atomic E-state index is 0.100. The van der Waals surface area contributed by atoms with Gasteiger partial charge in [0.2, 0.25) is 5.91 Å². The summed E-state index contributed by atoms with van der Waals surface area (Å²) in [6, 6.07) is 7.81. The Morgan fingerprint density at radius 2 is 2.29 bits per heavy atom. The molecule has 8 heteroatoms. The number of benzene rings is 1. The summed E-state index contributed by atoms with van der Waals surface area (Å²) in [6.45, 7) is 1.77. The van der Waals surface area contributed by atoms with Crippen molar-refractivity contribution < 1.29 is 14.8 Å². The topological polar surface area (TPSA) is 96.0 Å². The highest BCUT2D eigenvalue weighted by molar-refractivity contribution is 7.10. The van der Waals surface area contributed by atoms with Crippen molar-refractivity contribution in [1.29, 1.82) is 0 Å². The van der Waals surface area contributed by atoms with Crippen LogP contribution in [-0.2, 0) is 4.79 Å². The Balaban J connectivity index is 1.98. The van der Waals surface area contributed by atoms with E-state index in [9.17, 15) is 20.0 Å². The molecule has 0 spiro atoms. The predicted molar refractivity (Wildman–Crippen MR) is 90.1 cm³/mol. The molecule has 0 aliphatic carbocycles. The lowest BCUT2D eigenvalue weighted by Gasteiger charge is -2.19. The van der Waals surface area contributed by atoms with Crippen molar-refractivity contribution in [2.75, 3.05) is 0 Å². The number of nitro groups is 1. The Labute approximate surface area is 142 Å². The van der Waals surface area contributed by atoms with Crippen LogP contribution in [0.5, 0.6) is 5.75 Å². The summed E-state index contributed by atoms with van der Waals surface area (Å²) in [5.41, 5.74) is 0.758. The zero-order chi connectivity index (χ0) is 17.3. The molecule has 0 radical (unpaired) electrons. The number of rotatable bonds is 4. The van der Waals surface area contributed by atoms with Crippen LogP contribution in [0.25, 0.3) is 0 Å². The summed E-state index contributed by atoms with van der Waals surface area (Å²) < 4.78 is 0. The molecule has 1 aromatic heterocycles. The third-order valence-corrected chi connectivity index (χ3v) is 4.82. The van der Waals surface area contributed by atoms with E-state index in [-0.39, 0.29) is 17.6 Å². The van der Waals surface area contributed by atoms with Crippen molar-refractivity contribution in [2.45, 2.75) is 25.8 Å². The van der Waals surface area contributed by atoms with Gasteiger partial charge in [-0.3, -0.25) is 14.9 Å². The molecule has 2 heterocycles. The standard InChI is InChI=1S/C16H15N3O4S/c1-2-16(21)18-13(15-4-3-7-24-15)9-11(17-18)10-5-6-14(20)12(8-10)19(22)23/h3-8,13,20H,2,9H2,1H3. The molecule has 0 fully saturated rings. The molecule has 124 valence electrons. The number of hydrogen-bond acceptors (Lipinski definition) is 6. The molecule has 0 bridgehead atoms. The molecule has 7 nitrogen and oxygen atoms in total. The van der Waals surface area contributed by atoms with Crippen molar-refractivity contribution in [3.05, 3.63) is 56.3 Å². The van der Waals surface area contributed by atoms with Gasteiger partial charge in [0.1, 0.15) is 0 Å². The Hall–Kier alpha value is -2.74. The number of hydrazone groups is 1. The second kappa shape index (κ2) is 6.40. The van der Waals surface area contributed by atoms with Gasteiger partial charge in [-0.15, -0.1) is 11.3 Å². The first-order chi connectivity index (χ1) is 11.5. The first-order valence-electron chi connectivity index (χ1n) is 7.42. The molecule has 1 aromatic carbocycles. The van der Waals surface area contributed by atoms with E-state index in [2.05, 4.69) is 5.10 Å². The third kappa shape index (κ3) is 2.88. The molecular formula is C16H15N3O4S. The average Bonchev–Trinajstić information content (AvgIpc) is 3.23. The molecule has 0 saturated heterocycles. The molecule has 1 atom stereocenters. The Kier molecular flexibility index (Phi) is 4.30. The highest BCUT2D eigenvalue weighted by Gasteiger charge is 2.33. The summed E-state index contributed by atoms with van der Waals surface area (Å²) in [5.74, 6) is -0.490. The molecule has 3 rings (SSSR count). The molecular weight excluding hydrogens is 330 g/mol. The quantitative estimate of drug-likeness (QED) is 0.678. The van der Waals surface area contributed by atoms with E-state index in [1.165, 1.54) is 17.1 Å². The largest absolute Gasteiger partial charge is 0.502 e. The van der Waals surface area contributed by atoms with Crippen molar-refractivity contribution >= 4 is 28.6 Å². The minimum atomic E-state index is -0.639. The smallest absolute Gasteiger partial charge is 0.311 e. The molecule has 1 N–H and O–H groups in total. The van der Waals surface area contributed by atoms with Gasteiger partial charge in [-0.25, -0.2) is 5.01 Å². The molecule has 1 unspecified atom stereocenters. The maximum atomic E-state index is 12.2. The fourth-order valence-corrected chi connectivity index (χ4v) is 3.44. The monoisotopic (exact) mass is 345 g/mol. The molecule has 1 amide bonds. The van der Waals surface area contributed by atoms with Crippen LogP contribution in [-0.4, -0.2) is 26.7 Å². The summed E-state index contributed by atoms with van der Waals surface area (Å²) in [5, 5.41) is 28.4. The molecule has 2 aromatic rings. The number of carbonyl (C=O) groups excluding carboxylic acids is 1. The normalized spacial score (nSPS) is 17.0. The van der Waals surface area contributed by atoms with E-state index in [1.54, 1.807) is 24.3 Å². The van der Waals surface area contributed by atoms with Gasteiger partial charge in [-0.2, -0.15) is 5.10 Å². The average molecular weight is 345 g/mol. The van der Waals surface area contributed by atoms with E-state index in [4.69, 9.17) is 0 Å². The minimum Gasteiger partial charge on any atom is -0.502 e. The second-order valence-electron chi connectivity index (χ2n) is 5.33. The highest BCUT2D eigenvalue weighted by Crippen LogP contribution is 2.36. The van der Waals surface area contributed by atoms with Crippen LogP contribution in [0, 0.1) is 10.1 Å². The van der Waals surface area contributed by atoms with E-state index in [1.807, 2.05) is 17.5 Å². The third-order valence-electron chi connectivity index (χ3n) is 3.85. The molecule has 0 saturated carbocycles. The number of phenols is 1. The zero-order valence-electron chi connectivity index (χ0n) is 12.9. The van der Waals surface area contributed by atoms with Crippen LogP contribution >= 0.6 is 11.3 Å². The van der Waals surface area contributed by atoms with Crippen LogP contribution < -0.4 is 0 Å². The van der Waals surface area contributed by atoms with Crippen molar-refractivity contribution in [3.63, 3.8) is 0 Å². The van der Waals surface area contributed by atoms with Crippen LogP contribution in [0.1, 0.15) is 36.2 Å². The van der Waals surface area contributed by atoms with E-state index in [0.29, 0.717) is 24.1 Å². The number of thiophene rings is 1. The Morgan fingerprint density at radius 3 is 2.92 bits per heavy atom. The van der Waals surface area contributed by atoms with Crippen LogP contribution in [0.3, 0.4) is 0 Å². The number of phenolic OH excluding ortho intramolecular Hbond substituents is 1. The Morgan fingerprint density at radius 1 is 1.50 bits per heavy atom. The van der Waals surface area contributed by atoms with Crippen LogP contribution in [0.2, 0.25) is 0 Å². The van der Waals surface area contributed by atoms with Crippen molar-refractivity contribution in [1.82, 2.24) is 5.01 Å². The van der Waals surface area contributed by atoms with Gasteiger partial charge < -0.3 is 5.11 Å². The van der Waals surface area contributed by atoms with Gasteiger partial charge in [-0.05, 0) is 23.6 Å². The fraction of sp³-hybridized carbons (Fsp3) is 0.250. The molecule has 1 aliphatic heterocycles. The van der Waals surface area contributed by atoms with Gasteiger partial charge in [0.25, 0.3) is 0 Å². The number of aromatic hydroxyl groups is 1. The maximum absolute atomic E-state index is 12.2. The number of hydrogen-bond donors (Lipinski definition) is 1. The van der Waals surface area contributed by atoms with E-state index in [0.717, 1.165) is 4.88 Å². The van der Waals surface area contributed by atoms with Crippen molar-refractivity contribution in [3.8, 4) is 5.75 Å². The highest BCUT2D eigenvalue weighted by atomic mass is 32.1. The number of carbonyl (C=O) groups is 1. The number of nitro benzene ring substituents is 1. The van der Waals surface area contributed by atoms with Crippen molar-refractivity contribution in [2.24, 2.45) is 5.10 Å². The maximum Gasteiger partial charge on any atom is 0.311 e. The first-order valence-corrected chi connectivity index (χ1v) is 8.30. The van der Waals surface area contributed by atoms with E-state index < -0.39 is 10.7 Å². The summed E-state index contributed by atoms with van der Waals surface area (Å²) in [7, 11) is 0. The lowest BCUT2D eigenvalue weighted by Crippen LogP contribution is -2.25. The number of amides is 1. The Bertz CT molecular complexity index is 817. The van der Waals surface area contributed by atoms with E-state index >= 15 is 0 Å². The summed E-state index contributed by atoms with van der Waals surface area (Å²) >= 11 is 1.54.